The van der Waals surface area contributed by atoms with Crippen LogP contribution in [0.15, 0.2) is 24.3 Å². The highest BCUT2D eigenvalue weighted by atomic mass is 32.2. The normalized spacial score (nSPS) is 18.2. The topological polar surface area (TPSA) is 104 Å². The monoisotopic (exact) mass is 368 g/mol. The second-order valence-electron chi connectivity index (χ2n) is 6.20. The number of sulfonamides is 1. The van der Waals surface area contributed by atoms with Gasteiger partial charge in [-0.1, -0.05) is 25.5 Å². The number of nitrogens with zero attached hydrogens (tertiary/aromatic N) is 1. The molecule has 2 rings (SSSR count). The first-order valence-corrected chi connectivity index (χ1v) is 10.1. The van der Waals surface area contributed by atoms with E-state index < -0.39 is 22.0 Å². The number of carbonyl (C=O) groups excluding carboxylic acids is 1. The number of aliphatic carboxylic acids is 1. The maximum Gasteiger partial charge on any atom is 0.307 e. The van der Waals surface area contributed by atoms with Crippen LogP contribution in [0.2, 0.25) is 0 Å². The Morgan fingerprint density at radius 2 is 2.12 bits per heavy atom. The molecule has 1 aliphatic heterocycles. The zero-order chi connectivity index (χ0) is 18.4. The van der Waals surface area contributed by atoms with Crippen LogP contribution < -0.4 is 5.32 Å². The first kappa shape index (κ1) is 19.4. The summed E-state index contributed by atoms with van der Waals surface area (Å²) in [5.41, 5.74) is 1.05. The molecular weight excluding hydrogens is 344 g/mol. The molecule has 2 N–H and O–H groups in total. The van der Waals surface area contributed by atoms with Crippen molar-refractivity contribution in [2.24, 2.45) is 0 Å². The van der Waals surface area contributed by atoms with Crippen molar-refractivity contribution in [1.29, 1.82) is 0 Å². The van der Waals surface area contributed by atoms with Crippen molar-refractivity contribution in [3.8, 4) is 0 Å². The van der Waals surface area contributed by atoms with Crippen LogP contribution >= 0.6 is 0 Å². The van der Waals surface area contributed by atoms with E-state index in [9.17, 15) is 18.0 Å². The summed E-state index contributed by atoms with van der Waals surface area (Å²) in [5, 5.41) is 11.6. The second kappa shape index (κ2) is 8.44. The Kier molecular flexibility index (Phi) is 6.55. The summed E-state index contributed by atoms with van der Waals surface area (Å²) in [4.78, 5) is 23.3. The van der Waals surface area contributed by atoms with Gasteiger partial charge in [0.25, 0.3) is 0 Å². The van der Waals surface area contributed by atoms with Crippen molar-refractivity contribution >= 4 is 27.6 Å². The predicted octanol–water partition coefficient (Wildman–Crippen LogP) is 1.85. The molecule has 1 fully saturated rings. The molecular formula is C17H24N2O5S. The summed E-state index contributed by atoms with van der Waals surface area (Å²) in [7, 11) is -3.44. The number of carboxylic acid groups (broad SMARTS) is 1. The van der Waals surface area contributed by atoms with Crippen LogP contribution in [0.1, 0.15) is 38.2 Å². The molecule has 0 saturated carbocycles. The molecule has 1 unspecified atom stereocenters. The van der Waals surface area contributed by atoms with Crippen LogP contribution in [-0.2, 0) is 26.0 Å². The van der Waals surface area contributed by atoms with Crippen molar-refractivity contribution in [2.45, 2.75) is 45.1 Å². The van der Waals surface area contributed by atoms with Gasteiger partial charge in [0.05, 0.1) is 12.2 Å². The molecule has 8 heteroatoms. The highest BCUT2D eigenvalue weighted by Gasteiger charge is 2.38. The standard InChI is InChI=1S/C17H24N2O5S/c1-2-3-10-25(23,24)19-9-5-8-15(19)17(22)18-14-7-4-6-13(11-14)12-16(20)21/h4,6-7,11,15H,2-3,5,8-10,12H2,1H3,(H,18,22)(H,20,21). The molecule has 138 valence electrons. The minimum Gasteiger partial charge on any atom is -0.481 e. The van der Waals surface area contributed by atoms with Crippen LogP contribution in [-0.4, -0.2) is 48.0 Å². The minimum atomic E-state index is -3.44. The zero-order valence-electron chi connectivity index (χ0n) is 14.3. The number of carbonyl (C=O) groups is 2. The molecule has 0 radical (unpaired) electrons. The first-order valence-electron chi connectivity index (χ1n) is 8.44. The molecule has 7 nitrogen and oxygen atoms in total. The summed E-state index contributed by atoms with van der Waals surface area (Å²) in [6.45, 7) is 2.29. The van der Waals surface area contributed by atoms with Gasteiger partial charge in [0.1, 0.15) is 6.04 Å². The third-order valence-corrected chi connectivity index (χ3v) is 6.13. The molecule has 1 aliphatic rings. The van der Waals surface area contributed by atoms with Gasteiger partial charge in [-0.3, -0.25) is 9.59 Å². The molecule has 1 amide bonds. The van der Waals surface area contributed by atoms with E-state index in [2.05, 4.69) is 5.32 Å². The molecule has 1 atom stereocenters. The summed E-state index contributed by atoms with van der Waals surface area (Å²) >= 11 is 0. The average Bonchev–Trinajstić information content (AvgIpc) is 3.03. The van der Waals surface area contributed by atoms with E-state index in [1.807, 2.05) is 6.92 Å². The van der Waals surface area contributed by atoms with Gasteiger partial charge in [-0.25, -0.2) is 8.42 Å². The fourth-order valence-electron chi connectivity index (χ4n) is 2.94. The Hall–Kier alpha value is -1.93. The summed E-state index contributed by atoms with van der Waals surface area (Å²) in [5.74, 6) is -1.26. The maximum atomic E-state index is 12.5. The van der Waals surface area contributed by atoms with Crippen molar-refractivity contribution in [3.63, 3.8) is 0 Å². The SMILES string of the molecule is CCCCS(=O)(=O)N1CCCC1C(=O)Nc1cccc(CC(=O)O)c1. The number of rotatable bonds is 8. The largest absolute Gasteiger partial charge is 0.481 e. The smallest absolute Gasteiger partial charge is 0.307 e. The van der Waals surface area contributed by atoms with E-state index in [1.54, 1.807) is 24.3 Å². The zero-order valence-corrected chi connectivity index (χ0v) is 15.1. The molecule has 1 saturated heterocycles. The van der Waals surface area contributed by atoms with E-state index in [0.29, 0.717) is 37.1 Å². The maximum absolute atomic E-state index is 12.5. The number of anilines is 1. The molecule has 0 spiro atoms. The number of benzene rings is 1. The van der Waals surface area contributed by atoms with Crippen LogP contribution in [0.4, 0.5) is 5.69 Å². The fraction of sp³-hybridized carbons (Fsp3) is 0.529. The number of hydrogen-bond acceptors (Lipinski definition) is 4. The Morgan fingerprint density at radius 1 is 1.36 bits per heavy atom. The Balaban J connectivity index is 2.08. The number of unbranched alkanes of at least 4 members (excludes halogenated alkanes) is 1. The van der Waals surface area contributed by atoms with Crippen LogP contribution in [0, 0.1) is 0 Å². The second-order valence-corrected chi connectivity index (χ2v) is 8.24. The lowest BCUT2D eigenvalue weighted by Gasteiger charge is -2.23. The van der Waals surface area contributed by atoms with Crippen molar-refractivity contribution in [3.05, 3.63) is 29.8 Å². The highest BCUT2D eigenvalue weighted by Crippen LogP contribution is 2.24. The lowest BCUT2D eigenvalue weighted by atomic mass is 10.1. The minimum absolute atomic E-state index is 0.0569. The lowest BCUT2D eigenvalue weighted by molar-refractivity contribution is -0.136. The first-order chi connectivity index (χ1) is 11.8. The average molecular weight is 368 g/mol. The Labute approximate surface area is 148 Å². The van der Waals surface area contributed by atoms with Crippen molar-refractivity contribution in [2.75, 3.05) is 17.6 Å². The van der Waals surface area contributed by atoms with E-state index in [0.717, 1.165) is 6.42 Å². The highest BCUT2D eigenvalue weighted by molar-refractivity contribution is 7.89. The van der Waals surface area contributed by atoms with Crippen LogP contribution in [0.25, 0.3) is 0 Å². The van der Waals surface area contributed by atoms with E-state index in [1.165, 1.54) is 4.31 Å². The van der Waals surface area contributed by atoms with Gasteiger partial charge in [-0.05, 0) is 37.0 Å². The third kappa shape index (κ3) is 5.27. The van der Waals surface area contributed by atoms with Gasteiger partial charge < -0.3 is 10.4 Å². The van der Waals surface area contributed by atoms with E-state index in [-0.39, 0.29) is 18.1 Å². The van der Waals surface area contributed by atoms with Crippen LogP contribution in [0.5, 0.6) is 0 Å². The van der Waals surface area contributed by atoms with Gasteiger partial charge in [0.15, 0.2) is 0 Å². The number of amides is 1. The van der Waals surface area contributed by atoms with Gasteiger partial charge in [-0.2, -0.15) is 4.31 Å². The molecule has 25 heavy (non-hydrogen) atoms. The molecule has 0 bridgehead atoms. The third-order valence-electron chi connectivity index (χ3n) is 4.17. The van der Waals surface area contributed by atoms with Crippen LogP contribution in [0.3, 0.4) is 0 Å². The number of carboxylic acids is 1. The Bertz CT molecular complexity index is 732. The fourth-order valence-corrected chi connectivity index (χ4v) is 4.82. The van der Waals surface area contributed by atoms with Gasteiger partial charge in [0.2, 0.25) is 15.9 Å². The van der Waals surface area contributed by atoms with Gasteiger partial charge >= 0.3 is 5.97 Å². The summed E-state index contributed by atoms with van der Waals surface area (Å²) < 4.78 is 26.1. The van der Waals surface area contributed by atoms with Crippen molar-refractivity contribution < 1.29 is 23.1 Å². The number of hydrogen-bond donors (Lipinski definition) is 2. The predicted molar refractivity (Wildman–Crippen MR) is 94.8 cm³/mol. The lowest BCUT2D eigenvalue weighted by Crippen LogP contribution is -2.44. The number of nitrogens with one attached hydrogen (secondary N) is 1. The molecule has 1 aromatic rings. The van der Waals surface area contributed by atoms with E-state index >= 15 is 0 Å². The van der Waals surface area contributed by atoms with Gasteiger partial charge in [0, 0.05) is 12.2 Å². The van der Waals surface area contributed by atoms with E-state index in [4.69, 9.17) is 5.11 Å². The molecule has 1 aromatic carbocycles. The summed E-state index contributed by atoms with van der Waals surface area (Å²) in [6.07, 6.45) is 2.36. The molecule has 1 heterocycles. The molecule has 0 aliphatic carbocycles. The van der Waals surface area contributed by atoms with Crippen molar-refractivity contribution in [1.82, 2.24) is 4.31 Å². The Morgan fingerprint density at radius 3 is 2.80 bits per heavy atom. The van der Waals surface area contributed by atoms with Gasteiger partial charge in [-0.15, -0.1) is 0 Å². The molecule has 0 aromatic heterocycles. The quantitative estimate of drug-likeness (QED) is 0.729. The summed E-state index contributed by atoms with van der Waals surface area (Å²) in [6, 6.07) is 5.88.